The number of fused-ring (bicyclic) bond motifs is 2. The molecular formula is C15H11NO2S. The van der Waals surface area contributed by atoms with Gasteiger partial charge in [0.05, 0.1) is 16.1 Å². The minimum Gasteiger partial charge on any atom is -0.486 e. The normalized spacial score (nSPS) is 20.5. The summed E-state index contributed by atoms with van der Waals surface area (Å²) in [5.41, 5.74) is 3.78. The van der Waals surface area contributed by atoms with Crippen molar-refractivity contribution < 1.29 is 9.53 Å². The Kier molecular flexibility index (Phi) is 2.11. The summed E-state index contributed by atoms with van der Waals surface area (Å²) in [4.78, 5) is 15.3. The van der Waals surface area contributed by atoms with E-state index in [-0.39, 0.29) is 5.91 Å². The maximum absolute atomic E-state index is 12.5. The Labute approximate surface area is 114 Å². The van der Waals surface area contributed by atoms with Crippen molar-refractivity contribution in [2.24, 2.45) is 0 Å². The number of rotatable bonds is 0. The Morgan fingerprint density at radius 1 is 1.26 bits per heavy atom. The molecule has 4 heteroatoms. The summed E-state index contributed by atoms with van der Waals surface area (Å²) in [5, 5.41) is 2.04. The Balaban J connectivity index is 2.01. The summed E-state index contributed by atoms with van der Waals surface area (Å²) in [6, 6.07) is 9.90. The van der Waals surface area contributed by atoms with E-state index in [9.17, 15) is 4.79 Å². The van der Waals surface area contributed by atoms with Gasteiger partial charge in [-0.05, 0) is 17.5 Å². The number of ether oxygens (including phenoxy) is 1. The number of amides is 1. The van der Waals surface area contributed by atoms with Gasteiger partial charge in [-0.1, -0.05) is 18.2 Å². The molecule has 0 saturated carbocycles. The molecule has 0 bridgehead atoms. The second-order valence-corrected chi connectivity index (χ2v) is 5.57. The molecule has 0 radical (unpaired) electrons. The number of carbonyl (C=O) groups is 1. The van der Waals surface area contributed by atoms with Gasteiger partial charge >= 0.3 is 0 Å². The number of likely N-dealkylation sites (N-methyl/N-ethyl adjacent to an activating group) is 1. The quantitative estimate of drug-likeness (QED) is 0.688. The molecule has 2 aromatic rings. The van der Waals surface area contributed by atoms with E-state index in [0.29, 0.717) is 12.2 Å². The highest BCUT2D eigenvalue weighted by atomic mass is 32.1. The molecule has 3 nitrogen and oxygen atoms in total. The number of benzene rings is 1. The third kappa shape index (κ3) is 1.35. The first-order valence-corrected chi connectivity index (χ1v) is 6.96. The first-order valence-electron chi connectivity index (χ1n) is 6.08. The van der Waals surface area contributed by atoms with Gasteiger partial charge in [0, 0.05) is 18.2 Å². The Hall–Kier alpha value is -2.07. The van der Waals surface area contributed by atoms with Crippen LogP contribution in [0.2, 0.25) is 0 Å². The fourth-order valence-electron chi connectivity index (χ4n) is 2.64. The second kappa shape index (κ2) is 3.71. The molecule has 0 N–H and O–H groups in total. The monoisotopic (exact) mass is 269 g/mol. The van der Waals surface area contributed by atoms with Crippen molar-refractivity contribution in [2.75, 3.05) is 11.9 Å². The van der Waals surface area contributed by atoms with Crippen LogP contribution in [0, 0.1) is 0 Å². The van der Waals surface area contributed by atoms with Crippen LogP contribution in [0.1, 0.15) is 16.0 Å². The Morgan fingerprint density at radius 2 is 2.11 bits per heavy atom. The molecule has 1 aromatic heterocycles. The summed E-state index contributed by atoms with van der Waals surface area (Å²) >= 11 is 1.63. The number of para-hydroxylation sites is 1. The van der Waals surface area contributed by atoms with Crippen molar-refractivity contribution >= 4 is 34.3 Å². The number of thiophene rings is 1. The lowest BCUT2D eigenvalue weighted by molar-refractivity contribution is -0.112. The van der Waals surface area contributed by atoms with E-state index >= 15 is 0 Å². The van der Waals surface area contributed by atoms with Gasteiger partial charge in [0.15, 0.2) is 5.76 Å². The highest BCUT2D eigenvalue weighted by Crippen LogP contribution is 2.44. The van der Waals surface area contributed by atoms with Crippen LogP contribution >= 0.6 is 11.3 Å². The number of hydrogen-bond donors (Lipinski definition) is 0. The van der Waals surface area contributed by atoms with E-state index in [4.69, 9.17) is 4.74 Å². The highest BCUT2D eigenvalue weighted by Gasteiger charge is 2.36. The average molecular weight is 269 g/mol. The molecule has 0 fully saturated rings. The van der Waals surface area contributed by atoms with E-state index in [0.717, 1.165) is 21.9 Å². The van der Waals surface area contributed by atoms with Crippen LogP contribution in [0.25, 0.3) is 11.3 Å². The molecule has 3 heterocycles. The van der Waals surface area contributed by atoms with Crippen LogP contribution < -0.4 is 4.90 Å². The predicted octanol–water partition coefficient (Wildman–Crippen LogP) is 3.12. The first kappa shape index (κ1) is 10.8. The maximum Gasteiger partial charge on any atom is 0.262 e. The van der Waals surface area contributed by atoms with Gasteiger partial charge in [0.25, 0.3) is 5.91 Å². The molecule has 19 heavy (non-hydrogen) atoms. The fourth-order valence-corrected chi connectivity index (χ4v) is 3.55. The topological polar surface area (TPSA) is 29.5 Å². The summed E-state index contributed by atoms with van der Waals surface area (Å²) in [5.74, 6) is 0.754. The van der Waals surface area contributed by atoms with Gasteiger partial charge in [-0.3, -0.25) is 4.79 Å². The van der Waals surface area contributed by atoms with Gasteiger partial charge < -0.3 is 9.64 Å². The van der Waals surface area contributed by atoms with E-state index < -0.39 is 0 Å². The van der Waals surface area contributed by atoms with Crippen LogP contribution in [0.3, 0.4) is 0 Å². The zero-order chi connectivity index (χ0) is 13.0. The van der Waals surface area contributed by atoms with Crippen molar-refractivity contribution in [3.05, 3.63) is 51.7 Å². The van der Waals surface area contributed by atoms with Crippen molar-refractivity contribution in [3.8, 4) is 0 Å². The predicted molar refractivity (Wildman–Crippen MR) is 75.8 cm³/mol. The standard InChI is InChI=1S/C15H11NO2S/c1-16-11-5-3-2-4-10(11)12(15(16)17)13-14-9(8-18-13)6-7-19-14/h2-7H,8H2,1H3/b13-12+. The molecule has 0 unspecified atom stereocenters. The fraction of sp³-hybridized carbons (Fsp3) is 0.133. The molecule has 0 atom stereocenters. The zero-order valence-electron chi connectivity index (χ0n) is 10.3. The van der Waals surface area contributed by atoms with Gasteiger partial charge in [0.1, 0.15) is 6.61 Å². The Bertz CT molecular complexity index is 729. The number of anilines is 1. The summed E-state index contributed by atoms with van der Waals surface area (Å²) < 4.78 is 5.77. The van der Waals surface area contributed by atoms with E-state index in [2.05, 4.69) is 6.07 Å². The molecule has 2 aliphatic rings. The van der Waals surface area contributed by atoms with Crippen LogP contribution in [-0.2, 0) is 16.1 Å². The lowest BCUT2D eigenvalue weighted by atomic mass is 10.1. The van der Waals surface area contributed by atoms with Crippen LogP contribution in [0.15, 0.2) is 35.7 Å². The molecule has 1 aromatic carbocycles. The molecule has 4 rings (SSSR count). The van der Waals surface area contributed by atoms with Gasteiger partial charge in [-0.25, -0.2) is 0 Å². The molecule has 2 aliphatic heterocycles. The van der Waals surface area contributed by atoms with Crippen molar-refractivity contribution in [1.29, 1.82) is 0 Å². The van der Waals surface area contributed by atoms with Gasteiger partial charge in [-0.15, -0.1) is 11.3 Å². The largest absolute Gasteiger partial charge is 0.486 e. The molecule has 94 valence electrons. The number of nitrogens with zero attached hydrogens (tertiary/aromatic N) is 1. The molecule has 0 aliphatic carbocycles. The molecular weight excluding hydrogens is 258 g/mol. The van der Waals surface area contributed by atoms with Crippen molar-refractivity contribution in [1.82, 2.24) is 0 Å². The zero-order valence-corrected chi connectivity index (χ0v) is 11.2. The van der Waals surface area contributed by atoms with Crippen molar-refractivity contribution in [2.45, 2.75) is 6.61 Å². The summed E-state index contributed by atoms with van der Waals surface area (Å²) in [6.07, 6.45) is 0. The third-order valence-electron chi connectivity index (χ3n) is 3.61. The van der Waals surface area contributed by atoms with E-state index in [1.165, 1.54) is 5.56 Å². The van der Waals surface area contributed by atoms with Crippen LogP contribution in [0.4, 0.5) is 5.69 Å². The van der Waals surface area contributed by atoms with Crippen LogP contribution in [0.5, 0.6) is 0 Å². The smallest absolute Gasteiger partial charge is 0.262 e. The lowest BCUT2D eigenvalue weighted by Crippen LogP contribution is -2.20. The summed E-state index contributed by atoms with van der Waals surface area (Å²) in [7, 11) is 1.80. The third-order valence-corrected chi connectivity index (χ3v) is 4.56. The van der Waals surface area contributed by atoms with Crippen molar-refractivity contribution in [3.63, 3.8) is 0 Å². The van der Waals surface area contributed by atoms with E-state index in [1.807, 2.05) is 29.6 Å². The van der Waals surface area contributed by atoms with Gasteiger partial charge in [-0.2, -0.15) is 0 Å². The molecule has 1 amide bonds. The SMILES string of the molecule is CN1C(=O)/C(=C2/OCc3ccsc32)c2ccccc21. The second-order valence-electron chi connectivity index (χ2n) is 4.65. The summed E-state index contributed by atoms with van der Waals surface area (Å²) in [6.45, 7) is 0.566. The minimum absolute atomic E-state index is 0.0115. The minimum atomic E-state index is 0.0115. The van der Waals surface area contributed by atoms with Crippen LogP contribution in [-0.4, -0.2) is 13.0 Å². The average Bonchev–Trinajstić information content (AvgIpc) is 3.08. The Morgan fingerprint density at radius 3 is 3.00 bits per heavy atom. The number of hydrogen-bond acceptors (Lipinski definition) is 3. The highest BCUT2D eigenvalue weighted by molar-refractivity contribution is 7.11. The van der Waals surface area contributed by atoms with Gasteiger partial charge in [0.2, 0.25) is 0 Å². The first-order chi connectivity index (χ1) is 9.27. The molecule has 0 saturated heterocycles. The number of carbonyl (C=O) groups excluding carboxylic acids is 1. The van der Waals surface area contributed by atoms with E-state index in [1.54, 1.807) is 23.3 Å². The maximum atomic E-state index is 12.5. The lowest BCUT2D eigenvalue weighted by Gasteiger charge is -2.08. The molecule has 0 spiro atoms.